The van der Waals surface area contributed by atoms with Gasteiger partial charge in [-0.25, -0.2) is 0 Å². The maximum Gasteiger partial charge on any atom is 0.0543 e. The Morgan fingerprint density at radius 1 is 0.525 bits per heavy atom. The Hall–Kier alpha value is -3.32. The molecule has 0 spiro atoms. The summed E-state index contributed by atoms with van der Waals surface area (Å²) in [5, 5.41) is 0. The molecule has 1 heteroatoms. The maximum absolute atomic E-state index is 2.52. The predicted molar refractivity (Wildman–Crippen MR) is 170 cm³/mol. The SMILES string of the molecule is CC1(C)c2ccccc2-c2c(N(c3ccc(C4CCCCC4)cc3)c3ccc(C4CCCCC4)cc3)cccc21. The fourth-order valence-corrected chi connectivity index (χ4v) is 8.01. The van der Waals surface area contributed by atoms with E-state index in [4.69, 9.17) is 0 Å². The monoisotopic (exact) mass is 525 g/mol. The number of benzene rings is 4. The largest absolute Gasteiger partial charge is 0.310 e. The van der Waals surface area contributed by atoms with E-state index in [1.54, 1.807) is 0 Å². The number of hydrogen-bond acceptors (Lipinski definition) is 1. The molecule has 4 aromatic rings. The molecule has 0 radical (unpaired) electrons. The lowest BCUT2D eigenvalue weighted by molar-refractivity contribution is 0.443. The van der Waals surface area contributed by atoms with Crippen molar-refractivity contribution in [2.75, 3.05) is 4.90 Å². The van der Waals surface area contributed by atoms with Gasteiger partial charge in [-0.05, 0) is 95.7 Å². The average Bonchev–Trinajstić information content (AvgIpc) is 3.26. The molecule has 3 aliphatic carbocycles. The molecule has 0 aliphatic heterocycles. The van der Waals surface area contributed by atoms with Crippen LogP contribution in [0.1, 0.15) is 112 Å². The highest BCUT2D eigenvalue weighted by Gasteiger charge is 2.37. The molecule has 0 aromatic heterocycles. The van der Waals surface area contributed by atoms with Gasteiger partial charge >= 0.3 is 0 Å². The Bertz CT molecular complexity index is 1400. The Morgan fingerprint density at radius 2 is 1.02 bits per heavy atom. The van der Waals surface area contributed by atoms with Crippen molar-refractivity contribution in [1.82, 2.24) is 0 Å². The van der Waals surface area contributed by atoms with E-state index in [2.05, 4.69) is 110 Å². The van der Waals surface area contributed by atoms with Gasteiger partial charge in [0, 0.05) is 22.4 Å². The molecule has 0 unspecified atom stereocenters. The molecular formula is C39H43N. The molecule has 7 rings (SSSR count). The summed E-state index contributed by atoms with van der Waals surface area (Å²) < 4.78 is 0. The van der Waals surface area contributed by atoms with Gasteiger partial charge in [0.25, 0.3) is 0 Å². The fourth-order valence-electron chi connectivity index (χ4n) is 8.01. The maximum atomic E-state index is 2.52. The zero-order chi connectivity index (χ0) is 27.1. The van der Waals surface area contributed by atoms with Crippen LogP contribution in [0.2, 0.25) is 0 Å². The van der Waals surface area contributed by atoms with Crippen molar-refractivity contribution in [3.05, 3.63) is 113 Å². The van der Waals surface area contributed by atoms with Gasteiger partial charge in [0.2, 0.25) is 0 Å². The van der Waals surface area contributed by atoms with Crippen molar-refractivity contribution in [2.45, 2.75) is 95.3 Å². The highest BCUT2D eigenvalue weighted by atomic mass is 15.1. The van der Waals surface area contributed by atoms with Crippen molar-refractivity contribution in [3.8, 4) is 11.1 Å². The second kappa shape index (κ2) is 10.6. The van der Waals surface area contributed by atoms with E-state index in [9.17, 15) is 0 Å². The summed E-state index contributed by atoms with van der Waals surface area (Å²) in [4.78, 5) is 2.52. The van der Waals surface area contributed by atoms with Crippen LogP contribution in [0.4, 0.5) is 17.1 Å². The van der Waals surface area contributed by atoms with E-state index in [0.29, 0.717) is 0 Å². The first-order chi connectivity index (χ1) is 19.6. The van der Waals surface area contributed by atoms with E-state index in [1.165, 1.54) is 115 Å². The Balaban J connectivity index is 1.34. The minimum atomic E-state index is -0.0106. The molecule has 40 heavy (non-hydrogen) atoms. The molecular weight excluding hydrogens is 482 g/mol. The minimum absolute atomic E-state index is 0.0106. The smallest absolute Gasteiger partial charge is 0.0543 e. The van der Waals surface area contributed by atoms with Crippen LogP contribution >= 0.6 is 0 Å². The van der Waals surface area contributed by atoms with Gasteiger partial charge in [0.05, 0.1) is 5.69 Å². The first-order valence-corrected chi connectivity index (χ1v) is 15.8. The average molecular weight is 526 g/mol. The standard InChI is InChI=1S/C39H43N/c1-39(2)35-17-10-9-16-34(35)38-36(39)18-11-19-37(38)40(32-24-20-30(21-25-32)28-12-5-3-6-13-28)33-26-22-31(23-27-33)29-14-7-4-8-15-29/h9-11,16-29H,3-8,12-15H2,1-2H3. The molecule has 1 nitrogen and oxygen atoms in total. The van der Waals surface area contributed by atoms with Crippen LogP contribution in [0.25, 0.3) is 11.1 Å². The van der Waals surface area contributed by atoms with Crippen LogP contribution in [-0.4, -0.2) is 0 Å². The van der Waals surface area contributed by atoms with Crippen molar-refractivity contribution in [3.63, 3.8) is 0 Å². The van der Waals surface area contributed by atoms with Crippen LogP contribution in [0.5, 0.6) is 0 Å². The molecule has 4 aromatic carbocycles. The van der Waals surface area contributed by atoms with Gasteiger partial charge in [0.15, 0.2) is 0 Å². The lowest BCUT2D eigenvalue weighted by Gasteiger charge is -2.30. The summed E-state index contributed by atoms with van der Waals surface area (Å²) in [6.07, 6.45) is 13.6. The van der Waals surface area contributed by atoms with Gasteiger partial charge in [-0.1, -0.05) is 113 Å². The van der Waals surface area contributed by atoms with Crippen molar-refractivity contribution >= 4 is 17.1 Å². The second-order valence-corrected chi connectivity index (χ2v) is 13.1. The van der Waals surface area contributed by atoms with Crippen LogP contribution in [0, 0.1) is 0 Å². The van der Waals surface area contributed by atoms with Gasteiger partial charge in [-0.3, -0.25) is 0 Å². The van der Waals surface area contributed by atoms with Crippen LogP contribution < -0.4 is 4.90 Å². The summed E-state index contributed by atoms with van der Waals surface area (Å²) >= 11 is 0. The number of hydrogen-bond donors (Lipinski definition) is 0. The van der Waals surface area contributed by atoms with Crippen LogP contribution in [-0.2, 0) is 5.41 Å². The topological polar surface area (TPSA) is 3.24 Å². The molecule has 0 N–H and O–H groups in total. The normalized spacial score (nSPS) is 18.8. The molecule has 0 saturated heterocycles. The van der Waals surface area contributed by atoms with Gasteiger partial charge in [-0.15, -0.1) is 0 Å². The van der Waals surface area contributed by atoms with Gasteiger partial charge < -0.3 is 4.90 Å². The number of anilines is 3. The highest BCUT2D eigenvalue weighted by Crippen LogP contribution is 2.54. The van der Waals surface area contributed by atoms with E-state index < -0.39 is 0 Å². The molecule has 0 amide bonds. The lowest BCUT2D eigenvalue weighted by Crippen LogP contribution is -2.16. The first kappa shape index (κ1) is 25.6. The molecule has 3 aliphatic rings. The van der Waals surface area contributed by atoms with Gasteiger partial charge in [0.1, 0.15) is 0 Å². The third kappa shape index (κ3) is 4.48. The summed E-state index contributed by atoms with van der Waals surface area (Å²) in [5.74, 6) is 1.44. The van der Waals surface area contributed by atoms with E-state index in [-0.39, 0.29) is 5.41 Å². The van der Waals surface area contributed by atoms with E-state index >= 15 is 0 Å². The highest BCUT2D eigenvalue weighted by molar-refractivity contribution is 5.94. The predicted octanol–water partition coefficient (Wildman–Crippen LogP) is 11.6. The van der Waals surface area contributed by atoms with Gasteiger partial charge in [-0.2, -0.15) is 0 Å². The fraction of sp³-hybridized carbons (Fsp3) is 0.385. The van der Waals surface area contributed by atoms with Crippen molar-refractivity contribution < 1.29 is 0 Å². The molecule has 0 bridgehead atoms. The second-order valence-electron chi connectivity index (χ2n) is 13.1. The lowest BCUT2D eigenvalue weighted by atomic mass is 9.82. The molecule has 204 valence electrons. The quantitative estimate of drug-likeness (QED) is 0.250. The van der Waals surface area contributed by atoms with Crippen molar-refractivity contribution in [1.29, 1.82) is 0 Å². The summed E-state index contributed by atoms with van der Waals surface area (Å²) in [6, 6.07) is 35.1. The molecule has 2 fully saturated rings. The zero-order valence-electron chi connectivity index (χ0n) is 24.3. The summed E-state index contributed by atoms with van der Waals surface area (Å²) in [6.45, 7) is 4.76. The number of rotatable bonds is 5. The van der Waals surface area contributed by atoms with Crippen LogP contribution in [0.3, 0.4) is 0 Å². The minimum Gasteiger partial charge on any atom is -0.310 e. The Morgan fingerprint density at radius 3 is 1.57 bits per heavy atom. The van der Waals surface area contributed by atoms with Crippen molar-refractivity contribution in [2.24, 2.45) is 0 Å². The third-order valence-corrected chi connectivity index (χ3v) is 10.3. The zero-order valence-corrected chi connectivity index (χ0v) is 24.3. The Labute approximate surface area is 241 Å². The molecule has 2 saturated carbocycles. The molecule has 0 heterocycles. The summed E-state index contributed by atoms with van der Waals surface area (Å²) in [5.41, 5.74) is 12.4. The first-order valence-electron chi connectivity index (χ1n) is 15.8. The van der Waals surface area contributed by atoms with E-state index in [1.807, 2.05) is 0 Å². The number of fused-ring (bicyclic) bond motifs is 3. The summed E-state index contributed by atoms with van der Waals surface area (Å²) in [7, 11) is 0. The third-order valence-electron chi connectivity index (χ3n) is 10.3. The Kier molecular flexibility index (Phi) is 6.78. The van der Waals surface area contributed by atoms with Crippen LogP contribution in [0.15, 0.2) is 91.0 Å². The van der Waals surface area contributed by atoms with E-state index in [0.717, 1.165) is 11.8 Å². The number of nitrogens with zero attached hydrogens (tertiary/aromatic N) is 1. The molecule has 0 atom stereocenters.